The van der Waals surface area contributed by atoms with Crippen molar-refractivity contribution in [3.8, 4) is 0 Å². The third-order valence-corrected chi connectivity index (χ3v) is 5.87. The fourth-order valence-electron chi connectivity index (χ4n) is 4.98. The summed E-state index contributed by atoms with van der Waals surface area (Å²) in [5, 5.41) is 8.15. The normalized spacial score (nSPS) is 35.0. The van der Waals surface area contributed by atoms with Gasteiger partial charge in [-0.25, -0.2) is 0 Å². The zero-order chi connectivity index (χ0) is 15.7. The molecule has 1 N–H and O–H groups in total. The predicted molar refractivity (Wildman–Crippen MR) is 89.7 cm³/mol. The largest absolute Gasteiger partial charge is 0.361 e. The fourth-order valence-corrected chi connectivity index (χ4v) is 4.98. The molecule has 4 atom stereocenters. The highest BCUT2D eigenvalue weighted by molar-refractivity contribution is 5.10. The van der Waals surface area contributed by atoms with E-state index in [1.165, 1.54) is 38.5 Å². The number of aromatic nitrogens is 1. The highest BCUT2D eigenvalue weighted by Crippen LogP contribution is 2.48. The quantitative estimate of drug-likeness (QED) is 0.842. The Morgan fingerprint density at radius 3 is 2.82 bits per heavy atom. The minimum Gasteiger partial charge on any atom is -0.361 e. The summed E-state index contributed by atoms with van der Waals surface area (Å²) in [5.74, 6) is 4.10. The Kier molecular flexibility index (Phi) is 4.63. The second kappa shape index (κ2) is 6.35. The minimum absolute atomic E-state index is 0.345. The molecule has 0 radical (unpaired) electrons. The number of fused-ring (bicyclic) bond motifs is 2. The zero-order valence-electron chi connectivity index (χ0n) is 14.7. The van der Waals surface area contributed by atoms with Crippen LogP contribution in [-0.2, 0) is 6.54 Å². The summed E-state index contributed by atoms with van der Waals surface area (Å²) >= 11 is 0. The molecule has 2 saturated carbocycles. The third kappa shape index (κ3) is 3.40. The Balaban J connectivity index is 1.67. The molecule has 3 nitrogen and oxygen atoms in total. The molecule has 2 bridgehead atoms. The molecule has 0 amide bonds. The number of hydrogen-bond donors (Lipinski definition) is 1. The molecule has 22 heavy (non-hydrogen) atoms. The average molecular weight is 304 g/mol. The first-order valence-electron chi connectivity index (χ1n) is 9.20. The van der Waals surface area contributed by atoms with Crippen LogP contribution >= 0.6 is 0 Å². The minimum atomic E-state index is 0.345. The summed E-state index contributed by atoms with van der Waals surface area (Å²) < 4.78 is 5.44. The van der Waals surface area contributed by atoms with E-state index in [4.69, 9.17) is 4.52 Å². The van der Waals surface area contributed by atoms with Crippen LogP contribution in [0.25, 0.3) is 0 Å². The van der Waals surface area contributed by atoms with Crippen molar-refractivity contribution in [2.45, 2.75) is 84.2 Å². The van der Waals surface area contributed by atoms with Crippen molar-refractivity contribution in [2.75, 3.05) is 0 Å². The summed E-state index contributed by atoms with van der Waals surface area (Å²) in [5.41, 5.74) is 1.41. The Morgan fingerprint density at radius 2 is 2.14 bits per heavy atom. The molecular weight excluding hydrogens is 272 g/mol. The molecule has 1 aromatic heterocycles. The van der Waals surface area contributed by atoms with E-state index in [0.29, 0.717) is 11.5 Å². The van der Waals surface area contributed by atoms with Crippen molar-refractivity contribution >= 4 is 0 Å². The second-order valence-corrected chi connectivity index (χ2v) is 8.34. The lowest BCUT2D eigenvalue weighted by Gasteiger charge is -2.51. The fraction of sp³-hybridized carbons (Fsp3) is 0.842. The molecule has 0 saturated heterocycles. The SMILES string of the molecule is CCC1CC2CC(C)CC(NCc3cc(C(C)C)on3)(C1)C2. The molecule has 0 aliphatic heterocycles. The Bertz CT molecular complexity index is 491. The van der Waals surface area contributed by atoms with Crippen LogP contribution in [0.3, 0.4) is 0 Å². The van der Waals surface area contributed by atoms with Gasteiger partial charge in [0.2, 0.25) is 0 Å². The lowest BCUT2D eigenvalue weighted by atomic mass is 9.60. The number of hydrogen-bond acceptors (Lipinski definition) is 3. The van der Waals surface area contributed by atoms with Gasteiger partial charge in [-0.05, 0) is 49.9 Å². The topological polar surface area (TPSA) is 38.1 Å². The van der Waals surface area contributed by atoms with Crippen LogP contribution in [0.5, 0.6) is 0 Å². The van der Waals surface area contributed by atoms with Crippen LogP contribution in [0.2, 0.25) is 0 Å². The van der Waals surface area contributed by atoms with E-state index in [2.05, 4.69) is 44.2 Å². The van der Waals surface area contributed by atoms with Crippen LogP contribution < -0.4 is 5.32 Å². The standard InChI is InChI=1S/C19H32N2O/c1-5-15-7-16-6-14(4)9-19(10-15,11-16)20-12-17-8-18(13(2)3)22-21-17/h8,13-16,20H,5-7,9-12H2,1-4H3. The van der Waals surface area contributed by atoms with Gasteiger partial charge in [0.05, 0.1) is 5.69 Å². The van der Waals surface area contributed by atoms with Gasteiger partial charge in [0.25, 0.3) is 0 Å². The highest BCUT2D eigenvalue weighted by Gasteiger charge is 2.44. The maximum atomic E-state index is 5.44. The van der Waals surface area contributed by atoms with E-state index in [9.17, 15) is 0 Å². The molecule has 3 heteroatoms. The molecule has 2 aliphatic rings. The number of nitrogens with one attached hydrogen (secondary N) is 1. The van der Waals surface area contributed by atoms with Gasteiger partial charge in [-0.1, -0.05) is 39.3 Å². The predicted octanol–water partition coefficient (Wildman–Crippen LogP) is 4.88. The molecule has 2 aliphatic carbocycles. The summed E-state index contributed by atoms with van der Waals surface area (Å²) in [6.07, 6.45) is 8.25. The Hall–Kier alpha value is -0.830. The smallest absolute Gasteiger partial charge is 0.139 e. The summed E-state index contributed by atoms with van der Waals surface area (Å²) in [7, 11) is 0. The van der Waals surface area contributed by atoms with Gasteiger partial charge in [-0.3, -0.25) is 0 Å². The van der Waals surface area contributed by atoms with Gasteiger partial charge in [-0.15, -0.1) is 0 Å². The van der Waals surface area contributed by atoms with Crippen molar-refractivity contribution in [3.05, 3.63) is 17.5 Å². The van der Waals surface area contributed by atoms with Gasteiger partial charge in [-0.2, -0.15) is 0 Å². The number of rotatable bonds is 5. The van der Waals surface area contributed by atoms with Crippen molar-refractivity contribution in [3.63, 3.8) is 0 Å². The molecule has 124 valence electrons. The number of nitrogens with zero attached hydrogens (tertiary/aromatic N) is 1. The summed E-state index contributed by atoms with van der Waals surface area (Å²) in [6.45, 7) is 9.94. The first-order valence-corrected chi connectivity index (χ1v) is 9.20. The van der Waals surface area contributed by atoms with E-state index in [1.807, 2.05) is 0 Å². The molecule has 1 aromatic rings. The molecule has 1 heterocycles. The third-order valence-electron chi connectivity index (χ3n) is 5.87. The van der Waals surface area contributed by atoms with Gasteiger partial charge >= 0.3 is 0 Å². The molecule has 2 fully saturated rings. The van der Waals surface area contributed by atoms with E-state index in [1.54, 1.807) is 0 Å². The first kappa shape index (κ1) is 16.0. The Labute approximate surface area is 135 Å². The van der Waals surface area contributed by atoms with E-state index >= 15 is 0 Å². The van der Waals surface area contributed by atoms with Crippen molar-refractivity contribution in [1.82, 2.24) is 10.5 Å². The van der Waals surface area contributed by atoms with Crippen LogP contribution in [0.4, 0.5) is 0 Å². The lowest BCUT2D eigenvalue weighted by Crippen LogP contribution is -2.54. The molecule has 0 spiro atoms. The van der Waals surface area contributed by atoms with Crippen LogP contribution in [-0.4, -0.2) is 10.7 Å². The summed E-state index contributed by atoms with van der Waals surface area (Å²) in [6, 6.07) is 2.12. The van der Waals surface area contributed by atoms with Gasteiger partial charge in [0.1, 0.15) is 5.76 Å². The monoisotopic (exact) mass is 304 g/mol. The lowest BCUT2D eigenvalue weighted by molar-refractivity contribution is 0.0471. The van der Waals surface area contributed by atoms with Gasteiger partial charge in [0, 0.05) is 24.1 Å². The van der Waals surface area contributed by atoms with Crippen LogP contribution in [0, 0.1) is 17.8 Å². The average Bonchev–Trinajstić information content (AvgIpc) is 2.93. The summed E-state index contributed by atoms with van der Waals surface area (Å²) in [4.78, 5) is 0. The van der Waals surface area contributed by atoms with E-state index in [0.717, 1.165) is 35.8 Å². The highest BCUT2D eigenvalue weighted by atomic mass is 16.5. The van der Waals surface area contributed by atoms with Crippen molar-refractivity contribution in [1.29, 1.82) is 0 Å². The maximum Gasteiger partial charge on any atom is 0.139 e. The van der Waals surface area contributed by atoms with E-state index < -0.39 is 0 Å². The Morgan fingerprint density at radius 1 is 1.32 bits per heavy atom. The van der Waals surface area contributed by atoms with Crippen LogP contribution in [0.15, 0.2) is 10.6 Å². The first-order chi connectivity index (χ1) is 10.5. The zero-order valence-corrected chi connectivity index (χ0v) is 14.7. The van der Waals surface area contributed by atoms with Gasteiger partial charge in [0.15, 0.2) is 0 Å². The second-order valence-electron chi connectivity index (χ2n) is 8.34. The van der Waals surface area contributed by atoms with E-state index in [-0.39, 0.29) is 0 Å². The molecular formula is C19H32N2O. The van der Waals surface area contributed by atoms with Crippen LogP contribution in [0.1, 0.15) is 83.6 Å². The van der Waals surface area contributed by atoms with Crippen molar-refractivity contribution in [2.24, 2.45) is 17.8 Å². The molecule has 0 aromatic carbocycles. The molecule has 3 rings (SSSR count). The van der Waals surface area contributed by atoms with Gasteiger partial charge < -0.3 is 9.84 Å². The maximum absolute atomic E-state index is 5.44. The van der Waals surface area contributed by atoms with Crippen molar-refractivity contribution < 1.29 is 4.52 Å². The molecule has 4 unspecified atom stereocenters.